The fourth-order valence-electron chi connectivity index (χ4n) is 2.41. The summed E-state index contributed by atoms with van der Waals surface area (Å²) in [6.45, 7) is -0.158. The van der Waals surface area contributed by atoms with Crippen LogP contribution in [0.2, 0.25) is 5.02 Å². The monoisotopic (exact) mass is 383 g/mol. The highest BCUT2D eigenvalue weighted by molar-refractivity contribution is 6.30. The number of hydrazone groups is 1. The van der Waals surface area contributed by atoms with E-state index < -0.39 is 18.4 Å². The molecule has 1 N–H and O–H groups in total. The number of nitrogens with one attached hydrogen (secondary N) is 1. The summed E-state index contributed by atoms with van der Waals surface area (Å²) in [7, 11) is 0. The maximum Gasteiger partial charge on any atom is 0.486 e. The molecule has 0 bridgehead atoms. The van der Waals surface area contributed by atoms with Crippen molar-refractivity contribution in [2.75, 3.05) is 6.54 Å². The predicted molar refractivity (Wildman–Crippen MR) is 90.1 cm³/mol. The average Bonchev–Trinajstić information content (AvgIpc) is 2.99. The zero-order valence-electron chi connectivity index (χ0n) is 13.2. The molecular formula is C17H13ClF3N3O2. The highest BCUT2D eigenvalue weighted by Crippen LogP contribution is 2.22. The maximum atomic E-state index is 12.4. The number of hydrogen-bond acceptors (Lipinski definition) is 3. The average molecular weight is 384 g/mol. The smallest absolute Gasteiger partial charge is 0.482 e. The number of ether oxygens (including phenoxy) is 1. The molecule has 1 aliphatic heterocycles. The molecule has 1 heterocycles. The van der Waals surface area contributed by atoms with Crippen LogP contribution in [-0.2, 0) is 0 Å². The Balaban J connectivity index is 1.86. The fourth-order valence-corrected chi connectivity index (χ4v) is 2.54. The number of urea groups is 1. The lowest BCUT2D eigenvalue weighted by Crippen LogP contribution is -2.45. The van der Waals surface area contributed by atoms with Crippen molar-refractivity contribution in [1.82, 2.24) is 10.3 Å². The van der Waals surface area contributed by atoms with E-state index in [9.17, 15) is 18.0 Å². The second-order valence-electron chi connectivity index (χ2n) is 5.42. The van der Waals surface area contributed by atoms with Crippen molar-refractivity contribution in [3.05, 3.63) is 65.2 Å². The first kappa shape index (κ1) is 18.1. The van der Waals surface area contributed by atoms with E-state index >= 15 is 0 Å². The number of alkyl halides is 3. The third-order valence-corrected chi connectivity index (χ3v) is 3.77. The first-order chi connectivity index (χ1) is 12.3. The molecule has 26 heavy (non-hydrogen) atoms. The number of carbonyl (C=O) groups excluding carboxylic acids is 1. The molecule has 2 amide bonds. The highest BCUT2D eigenvalue weighted by Gasteiger charge is 2.37. The topological polar surface area (TPSA) is 53.9 Å². The summed E-state index contributed by atoms with van der Waals surface area (Å²) in [6.07, 6.45) is -5.57. The molecule has 0 saturated heterocycles. The van der Waals surface area contributed by atoms with Gasteiger partial charge in [0.2, 0.25) is 0 Å². The molecule has 0 fully saturated rings. The molecule has 2 aromatic carbocycles. The van der Waals surface area contributed by atoms with E-state index in [1.165, 1.54) is 0 Å². The largest absolute Gasteiger partial charge is 0.486 e. The summed E-state index contributed by atoms with van der Waals surface area (Å²) in [6, 6.07) is 13.9. The van der Waals surface area contributed by atoms with Gasteiger partial charge in [-0.25, -0.2) is 15.1 Å². The van der Waals surface area contributed by atoms with Crippen LogP contribution in [0.1, 0.15) is 5.56 Å². The molecule has 136 valence electrons. The standard InChI is InChI=1S/C17H13ClF3N3O2/c18-12-8-6-11(7-9-12)15-14(26-13-4-2-1-3-5-13)10-24(23-15)16(25)22-17(19,20)21/h1-9,14H,10H2,(H,22,25). The van der Waals surface area contributed by atoms with Crippen molar-refractivity contribution in [1.29, 1.82) is 0 Å². The second kappa shape index (κ2) is 7.25. The number of benzene rings is 2. The van der Waals surface area contributed by atoms with Crippen LogP contribution in [0.15, 0.2) is 59.7 Å². The molecule has 0 saturated carbocycles. The fraction of sp³-hybridized carbons (Fsp3) is 0.176. The Morgan fingerprint density at radius 1 is 1.15 bits per heavy atom. The van der Waals surface area contributed by atoms with E-state index in [4.69, 9.17) is 16.3 Å². The molecular weight excluding hydrogens is 371 g/mol. The number of rotatable bonds is 3. The summed E-state index contributed by atoms with van der Waals surface area (Å²) in [5.74, 6) is 0.511. The van der Waals surface area contributed by atoms with Crippen molar-refractivity contribution in [3.8, 4) is 5.75 Å². The van der Waals surface area contributed by atoms with Crippen LogP contribution < -0.4 is 10.1 Å². The predicted octanol–water partition coefficient (Wildman–Crippen LogP) is 4.04. The van der Waals surface area contributed by atoms with Crippen LogP contribution in [0.4, 0.5) is 18.0 Å². The van der Waals surface area contributed by atoms with Crippen LogP contribution >= 0.6 is 11.6 Å². The summed E-state index contributed by atoms with van der Waals surface area (Å²) < 4.78 is 43.1. The number of para-hydroxylation sites is 1. The van der Waals surface area contributed by atoms with Gasteiger partial charge in [-0.2, -0.15) is 18.3 Å². The maximum absolute atomic E-state index is 12.4. The number of amides is 2. The molecule has 1 atom stereocenters. The summed E-state index contributed by atoms with van der Waals surface area (Å²) >= 11 is 5.87. The van der Waals surface area contributed by atoms with Crippen LogP contribution in [-0.4, -0.2) is 35.7 Å². The number of carbonyl (C=O) groups is 1. The van der Waals surface area contributed by atoms with Gasteiger partial charge < -0.3 is 4.74 Å². The lowest BCUT2D eigenvalue weighted by atomic mass is 10.1. The minimum Gasteiger partial charge on any atom is -0.482 e. The minimum atomic E-state index is -4.84. The zero-order valence-corrected chi connectivity index (χ0v) is 14.0. The summed E-state index contributed by atoms with van der Waals surface area (Å²) in [5.41, 5.74) is 0.931. The van der Waals surface area contributed by atoms with Gasteiger partial charge in [0, 0.05) is 10.6 Å². The summed E-state index contributed by atoms with van der Waals surface area (Å²) in [5, 5.41) is 6.15. The van der Waals surface area contributed by atoms with Crippen LogP contribution in [0.25, 0.3) is 0 Å². The van der Waals surface area contributed by atoms with E-state index in [1.807, 2.05) is 0 Å². The van der Waals surface area contributed by atoms with Gasteiger partial charge in [-0.1, -0.05) is 41.9 Å². The van der Waals surface area contributed by atoms with E-state index in [0.717, 1.165) is 5.32 Å². The normalized spacial score (nSPS) is 17.0. The Kier molecular flexibility index (Phi) is 5.03. The molecule has 1 aliphatic rings. The van der Waals surface area contributed by atoms with Crippen LogP contribution in [0.3, 0.4) is 0 Å². The van der Waals surface area contributed by atoms with Gasteiger partial charge in [-0.15, -0.1) is 0 Å². The summed E-state index contributed by atoms with van der Waals surface area (Å²) in [4.78, 5) is 11.8. The number of nitrogens with zero attached hydrogens (tertiary/aromatic N) is 2. The van der Waals surface area contributed by atoms with Crippen molar-refractivity contribution < 1.29 is 22.7 Å². The lowest BCUT2D eigenvalue weighted by molar-refractivity contribution is -0.147. The second-order valence-corrected chi connectivity index (χ2v) is 5.86. The first-order valence-corrected chi connectivity index (χ1v) is 7.92. The molecule has 0 spiro atoms. The van der Waals surface area contributed by atoms with Gasteiger partial charge in [-0.3, -0.25) is 0 Å². The van der Waals surface area contributed by atoms with Crippen molar-refractivity contribution in [2.24, 2.45) is 5.10 Å². The lowest BCUT2D eigenvalue weighted by Gasteiger charge is -2.17. The highest BCUT2D eigenvalue weighted by atomic mass is 35.5. The molecule has 0 radical (unpaired) electrons. The molecule has 1 unspecified atom stereocenters. The van der Waals surface area contributed by atoms with E-state index in [0.29, 0.717) is 27.1 Å². The molecule has 5 nitrogen and oxygen atoms in total. The zero-order chi connectivity index (χ0) is 18.7. The van der Waals surface area contributed by atoms with Gasteiger partial charge in [-0.05, 0) is 24.3 Å². The molecule has 2 aromatic rings. The Morgan fingerprint density at radius 3 is 2.42 bits per heavy atom. The van der Waals surface area contributed by atoms with E-state index in [-0.39, 0.29) is 6.54 Å². The van der Waals surface area contributed by atoms with Crippen LogP contribution in [0, 0.1) is 0 Å². The number of hydrogen-bond donors (Lipinski definition) is 1. The quantitative estimate of drug-likeness (QED) is 0.813. The van der Waals surface area contributed by atoms with Gasteiger partial charge in [0.1, 0.15) is 11.5 Å². The third-order valence-electron chi connectivity index (χ3n) is 3.52. The van der Waals surface area contributed by atoms with Gasteiger partial charge >= 0.3 is 12.3 Å². The Labute approximate surface area is 152 Å². The Morgan fingerprint density at radius 2 is 1.81 bits per heavy atom. The van der Waals surface area contributed by atoms with Gasteiger partial charge in [0.05, 0.1) is 6.54 Å². The third kappa shape index (κ3) is 4.45. The molecule has 9 heteroatoms. The van der Waals surface area contributed by atoms with Gasteiger partial charge in [0.25, 0.3) is 0 Å². The Bertz CT molecular complexity index is 810. The first-order valence-electron chi connectivity index (χ1n) is 7.54. The van der Waals surface area contributed by atoms with Crippen molar-refractivity contribution in [2.45, 2.75) is 12.4 Å². The van der Waals surface area contributed by atoms with Crippen molar-refractivity contribution >= 4 is 23.3 Å². The molecule has 0 aromatic heterocycles. The van der Waals surface area contributed by atoms with E-state index in [2.05, 4.69) is 5.10 Å². The SMILES string of the molecule is O=C(NC(F)(F)F)N1CC(Oc2ccccc2)C(c2ccc(Cl)cc2)=N1. The van der Waals surface area contributed by atoms with Gasteiger partial charge in [0.15, 0.2) is 6.10 Å². The Hall–Kier alpha value is -2.74. The molecule has 3 rings (SSSR count). The van der Waals surface area contributed by atoms with Crippen molar-refractivity contribution in [3.63, 3.8) is 0 Å². The van der Waals surface area contributed by atoms with E-state index in [1.54, 1.807) is 54.6 Å². The number of halogens is 4. The van der Waals surface area contributed by atoms with Crippen LogP contribution in [0.5, 0.6) is 5.75 Å². The minimum absolute atomic E-state index is 0.158. The molecule has 0 aliphatic carbocycles.